The molecule has 1 heterocycles. The molecule has 0 radical (unpaired) electrons. The SMILES string of the molecule is C=CCCO[C@@H](C)C(=O)NC1CCN([C@@H](C)c2ccccc2)CC1. The molecular weight excluding hydrogens is 300 g/mol. The highest BCUT2D eigenvalue weighted by Gasteiger charge is 2.25. The van der Waals surface area contributed by atoms with E-state index in [1.807, 2.05) is 6.92 Å². The summed E-state index contributed by atoms with van der Waals surface area (Å²) in [5, 5.41) is 3.13. The van der Waals surface area contributed by atoms with E-state index in [-0.39, 0.29) is 11.9 Å². The molecule has 2 atom stereocenters. The van der Waals surface area contributed by atoms with Crippen molar-refractivity contribution in [3.63, 3.8) is 0 Å². The predicted octanol–water partition coefficient (Wildman–Crippen LogP) is 3.31. The lowest BCUT2D eigenvalue weighted by molar-refractivity contribution is -0.132. The molecule has 24 heavy (non-hydrogen) atoms. The van der Waals surface area contributed by atoms with Gasteiger partial charge in [0.1, 0.15) is 6.10 Å². The molecule has 0 unspecified atom stereocenters. The van der Waals surface area contributed by atoms with Gasteiger partial charge in [-0.25, -0.2) is 0 Å². The molecule has 1 N–H and O–H groups in total. The van der Waals surface area contributed by atoms with Gasteiger partial charge in [-0.2, -0.15) is 0 Å². The van der Waals surface area contributed by atoms with Gasteiger partial charge in [-0.05, 0) is 38.7 Å². The first-order valence-electron chi connectivity index (χ1n) is 8.93. The first kappa shape index (κ1) is 18.7. The van der Waals surface area contributed by atoms with E-state index in [1.165, 1.54) is 5.56 Å². The zero-order valence-electron chi connectivity index (χ0n) is 14.9. The molecule has 1 amide bonds. The lowest BCUT2D eigenvalue weighted by atomic mass is 10.00. The fourth-order valence-electron chi connectivity index (χ4n) is 3.10. The lowest BCUT2D eigenvalue weighted by Gasteiger charge is -2.36. The molecule has 0 saturated carbocycles. The number of hydrogen-bond donors (Lipinski definition) is 1. The van der Waals surface area contributed by atoms with Crippen molar-refractivity contribution >= 4 is 5.91 Å². The molecule has 132 valence electrons. The van der Waals surface area contributed by atoms with Gasteiger partial charge in [0.2, 0.25) is 5.91 Å². The average Bonchev–Trinajstić information content (AvgIpc) is 2.62. The molecule has 4 heteroatoms. The summed E-state index contributed by atoms with van der Waals surface area (Å²) in [4.78, 5) is 14.7. The van der Waals surface area contributed by atoms with Crippen LogP contribution >= 0.6 is 0 Å². The number of hydrogen-bond acceptors (Lipinski definition) is 3. The van der Waals surface area contributed by atoms with E-state index in [0.29, 0.717) is 12.6 Å². The summed E-state index contributed by atoms with van der Waals surface area (Å²) in [7, 11) is 0. The Balaban J connectivity index is 1.74. The highest BCUT2D eigenvalue weighted by molar-refractivity contribution is 5.80. The molecule has 1 aliphatic heterocycles. The first-order valence-corrected chi connectivity index (χ1v) is 8.93. The van der Waals surface area contributed by atoms with Gasteiger partial charge in [-0.1, -0.05) is 36.4 Å². The van der Waals surface area contributed by atoms with E-state index in [4.69, 9.17) is 4.74 Å². The van der Waals surface area contributed by atoms with E-state index in [1.54, 1.807) is 6.08 Å². The average molecular weight is 330 g/mol. The number of carbonyl (C=O) groups excluding carboxylic acids is 1. The summed E-state index contributed by atoms with van der Waals surface area (Å²) in [6.07, 6.45) is 4.15. The minimum atomic E-state index is -0.397. The van der Waals surface area contributed by atoms with E-state index >= 15 is 0 Å². The fraction of sp³-hybridized carbons (Fsp3) is 0.550. The van der Waals surface area contributed by atoms with Crippen LogP contribution in [0.1, 0.15) is 44.7 Å². The molecule has 0 spiro atoms. The number of piperidine rings is 1. The van der Waals surface area contributed by atoms with Crippen LogP contribution in [-0.2, 0) is 9.53 Å². The van der Waals surface area contributed by atoms with Crippen molar-refractivity contribution in [2.45, 2.75) is 51.3 Å². The third-order valence-corrected chi connectivity index (χ3v) is 4.76. The second kappa shape index (κ2) is 9.60. The summed E-state index contributed by atoms with van der Waals surface area (Å²) >= 11 is 0. The Hall–Kier alpha value is -1.65. The zero-order valence-corrected chi connectivity index (χ0v) is 14.9. The van der Waals surface area contributed by atoms with Gasteiger partial charge in [0.15, 0.2) is 0 Å². The van der Waals surface area contributed by atoms with Crippen LogP contribution in [0.15, 0.2) is 43.0 Å². The standard InChI is InChI=1S/C20H30N2O2/c1-4-5-15-24-17(3)20(23)21-19-11-13-22(14-12-19)16(2)18-9-7-6-8-10-18/h4,6-10,16-17,19H,1,5,11-15H2,2-3H3,(H,21,23)/t16-,17-/m0/s1. The molecule has 1 aromatic rings. The predicted molar refractivity (Wildman–Crippen MR) is 97.8 cm³/mol. The molecule has 1 aliphatic rings. The second-order valence-corrected chi connectivity index (χ2v) is 6.50. The Labute approximate surface area is 145 Å². The van der Waals surface area contributed by atoms with Crippen LogP contribution < -0.4 is 5.32 Å². The van der Waals surface area contributed by atoms with Gasteiger partial charge in [-0.3, -0.25) is 9.69 Å². The summed E-state index contributed by atoms with van der Waals surface area (Å²) in [6, 6.07) is 11.3. The van der Waals surface area contributed by atoms with E-state index < -0.39 is 6.10 Å². The van der Waals surface area contributed by atoms with Crippen LogP contribution in [0.4, 0.5) is 0 Å². The monoisotopic (exact) mass is 330 g/mol. The Bertz CT molecular complexity index is 510. The van der Waals surface area contributed by atoms with Crippen molar-refractivity contribution in [2.24, 2.45) is 0 Å². The van der Waals surface area contributed by atoms with Crippen molar-refractivity contribution in [1.29, 1.82) is 0 Å². The number of ether oxygens (including phenoxy) is 1. The van der Waals surface area contributed by atoms with Gasteiger partial charge in [-0.15, -0.1) is 6.58 Å². The molecule has 0 aliphatic carbocycles. The number of nitrogens with one attached hydrogen (secondary N) is 1. The first-order chi connectivity index (χ1) is 11.6. The molecule has 1 fully saturated rings. The third-order valence-electron chi connectivity index (χ3n) is 4.76. The normalized spacial score (nSPS) is 18.8. The zero-order chi connectivity index (χ0) is 17.4. The maximum absolute atomic E-state index is 12.2. The smallest absolute Gasteiger partial charge is 0.249 e. The minimum absolute atomic E-state index is 0.00591. The molecule has 1 saturated heterocycles. The highest BCUT2D eigenvalue weighted by atomic mass is 16.5. The highest BCUT2D eigenvalue weighted by Crippen LogP contribution is 2.24. The van der Waals surface area contributed by atoms with Gasteiger partial charge < -0.3 is 10.1 Å². The minimum Gasteiger partial charge on any atom is -0.368 e. The van der Waals surface area contributed by atoms with Crippen LogP contribution in [0, 0.1) is 0 Å². The van der Waals surface area contributed by atoms with Crippen molar-refractivity contribution in [3.05, 3.63) is 48.6 Å². The quantitative estimate of drug-likeness (QED) is 0.587. The molecule has 0 bridgehead atoms. The van der Waals surface area contributed by atoms with Crippen molar-refractivity contribution in [2.75, 3.05) is 19.7 Å². The van der Waals surface area contributed by atoms with Crippen LogP contribution in [0.2, 0.25) is 0 Å². The number of benzene rings is 1. The van der Waals surface area contributed by atoms with Crippen LogP contribution in [-0.4, -0.2) is 42.6 Å². The maximum Gasteiger partial charge on any atom is 0.249 e. The molecule has 2 rings (SSSR count). The number of carbonyl (C=O) groups is 1. The maximum atomic E-state index is 12.2. The van der Waals surface area contributed by atoms with Gasteiger partial charge in [0.05, 0.1) is 6.61 Å². The van der Waals surface area contributed by atoms with Crippen molar-refractivity contribution in [3.8, 4) is 0 Å². The largest absolute Gasteiger partial charge is 0.368 e. The molecular formula is C20H30N2O2. The van der Waals surface area contributed by atoms with E-state index in [9.17, 15) is 4.79 Å². The Morgan fingerprint density at radius 3 is 2.62 bits per heavy atom. The summed E-state index contributed by atoms with van der Waals surface area (Å²) in [5.41, 5.74) is 1.35. The number of nitrogens with zero attached hydrogens (tertiary/aromatic N) is 1. The van der Waals surface area contributed by atoms with Gasteiger partial charge >= 0.3 is 0 Å². The second-order valence-electron chi connectivity index (χ2n) is 6.50. The van der Waals surface area contributed by atoms with Gasteiger partial charge in [0, 0.05) is 25.2 Å². The lowest BCUT2D eigenvalue weighted by Crippen LogP contribution is -2.47. The molecule has 4 nitrogen and oxygen atoms in total. The summed E-state index contributed by atoms with van der Waals surface area (Å²) in [5.74, 6) is -0.00591. The van der Waals surface area contributed by atoms with Gasteiger partial charge in [0.25, 0.3) is 0 Å². The Kier molecular flexibility index (Phi) is 7.47. The van der Waals surface area contributed by atoms with Crippen LogP contribution in [0.3, 0.4) is 0 Å². The molecule has 1 aromatic carbocycles. The van der Waals surface area contributed by atoms with E-state index in [2.05, 4.69) is 54.1 Å². The number of likely N-dealkylation sites (tertiary alicyclic amines) is 1. The number of rotatable bonds is 8. The Morgan fingerprint density at radius 1 is 1.33 bits per heavy atom. The van der Waals surface area contributed by atoms with E-state index in [0.717, 1.165) is 32.4 Å². The molecule has 0 aromatic heterocycles. The third kappa shape index (κ3) is 5.46. The summed E-state index contributed by atoms with van der Waals surface area (Å²) < 4.78 is 5.51. The van der Waals surface area contributed by atoms with Crippen LogP contribution in [0.5, 0.6) is 0 Å². The topological polar surface area (TPSA) is 41.6 Å². The van der Waals surface area contributed by atoms with Crippen molar-refractivity contribution < 1.29 is 9.53 Å². The van der Waals surface area contributed by atoms with Crippen LogP contribution in [0.25, 0.3) is 0 Å². The summed E-state index contributed by atoms with van der Waals surface area (Å²) in [6.45, 7) is 10.3. The number of amides is 1. The van der Waals surface area contributed by atoms with Crippen molar-refractivity contribution in [1.82, 2.24) is 10.2 Å². The fourth-order valence-corrected chi connectivity index (χ4v) is 3.10. The Morgan fingerprint density at radius 2 is 2.00 bits per heavy atom.